The van der Waals surface area contributed by atoms with Crippen molar-refractivity contribution in [2.24, 2.45) is 5.92 Å². The summed E-state index contributed by atoms with van der Waals surface area (Å²) in [5, 5.41) is 7.39. The first-order valence-corrected chi connectivity index (χ1v) is 7.16. The maximum absolute atomic E-state index is 12.4. The van der Waals surface area contributed by atoms with Crippen LogP contribution in [0, 0.1) is 12.8 Å². The van der Waals surface area contributed by atoms with Gasteiger partial charge in [0.15, 0.2) is 0 Å². The Morgan fingerprint density at radius 1 is 1.42 bits per heavy atom. The Hall–Kier alpha value is -1.52. The van der Waals surface area contributed by atoms with E-state index in [1.165, 1.54) is 12.8 Å². The predicted octanol–water partition coefficient (Wildman–Crippen LogP) is 2.10. The topological polar surface area (TPSA) is 72.9 Å². The van der Waals surface area contributed by atoms with Gasteiger partial charge in [-0.25, -0.2) is 0 Å². The molecule has 0 radical (unpaired) electrons. The van der Waals surface area contributed by atoms with Crippen LogP contribution in [0.3, 0.4) is 0 Å². The Labute approximate surface area is 114 Å². The number of aromatic nitrogens is 2. The molecule has 3 N–H and O–H groups in total. The summed E-state index contributed by atoms with van der Waals surface area (Å²) >= 11 is 0. The summed E-state index contributed by atoms with van der Waals surface area (Å²) in [5.74, 6) is 0.695. The van der Waals surface area contributed by atoms with Crippen LogP contribution >= 0.6 is 0 Å². The molecule has 106 valence electrons. The summed E-state index contributed by atoms with van der Waals surface area (Å²) in [4.78, 5) is 12.4. The van der Waals surface area contributed by atoms with Crippen LogP contribution in [0.5, 0.6) is 0 Å². The highest BCUT2D eigenvalue weighted by Gasteiger charge is 2.24. The lowest BCUT2D eigenvalue weighted by atomic mass is 9.87. The minimum atomic E-state index is -0.0838. The Balaban J connectivity index is 2.08. The van der Waals surface area contributed by atoms with Crippen molar-refractivity contribution < 1.29 is 4.79 Å². The fourth-order valence-corrected chi connectivity index (χ4v) is 2.72. The highest BCUT2D eigenvalue weighted by atomic mass is 16.2. The SMILES string of the molecule is CCn1nc(C)c(N)c1C(=O)NC1CCC(C)CC1. The molecule has 1 aliphatic carbocycles. The van der Waals surface area contributed by atoms with Crippen molar-refractivity contribution in [3.63, 3.8) is 0 Å². The van der Waals surface area contributed by atoms with Crippen LogP contribution in [0.1, 0.15) is 55.7 Å². The van der Waals surface area contributed by atoms with E-state index in [-0.39, 0.29) is 11.9 Å². The van der Waals surface area contributed by atoms with Crippen molar-refractivity contribution in [1.29, 1.82) is 0 Å². The minimum Gasteiger partial charge on any atom is -0.395 e. The van der Waals surface area contributed by atoms with Gasteiger partial charge in [-0.2, -0.15) is 5.10 Å². The van der Waals surface area contributed by atoms with E-state index in [2.05, 4.69) is 17.3 Å². The second-order valence-electron chi connectivity index (χ2n) is 5.59. The molecule has 0 spiro atoms. The first kappa shape index (κ1) is 13.9. The molecule has 0 aromatic carbocycles. The summed E-state index contributed by atoms with van der Waals surface area (Å²) in [5.41, 5.74) is 7.70. The number of aryl methyl sites for hydroxylation is 2. The molecule has 5 heteroatoms. The smallest absolute Gasteiger partial charge is 0.271 e. The quantitative estimate of drug-likeness (QED) is 0.878. The van der Waals surface area contributed by atoms with Crippen molar-refractivity contribution in [3.8, 4) is 0 Å². The molecule has 0 bridgehead atoms. The summed E-state index contributed by atoms with van der Waals surface area (Å²) in [6.07, 6.45) is 4.50. The fourth-order valence-electron chi connectivity index (χ4n) is 2.72. The number of carbonyl (C=O) groups excluding carboxylic acids is 1. The molecular formula is C14H24N4O. The molecule has 2 rings (SSSR count). The number of nitrogens with zero attached hydrogens (tertiary/aromatic N) is 2. The van der Waals surface area contributed by atoms with Gasteiger partial charge in [0.05, 0.1) is 11.4 Å². The van der Waals surface area contributed by atoms with E-state index in [0.29, 0.717) is 17.9 Å². The molecular weight excluding hydrogens is 240 g/mol. The second-order valence-corrected chi connectivity index (χ2v) is 5.59. The molecule has 1 saturated carbocycles. The van der Waals surface area contributed by atoms with E-state index in [4.69, 9.17) is 5.73 Å². The molecule has 1 amide bonds. The van der Waals surface area contributed by atoms with Crippen LogP contribution in [0.4, 0.5) is 5.69 Å². The highest BCUT2D eigenvalue weighted by molar-refractivity contribution is 5.98. The molecule has 1 aromatic heterocycles. The molecule has 0 unspecified atom stereocenters. The van der Waals surface area contributed by atoms with Crippen molar-refractivity contribution in [2.75, 3.05) is 5.73 Å². The van der Waals surface area contributed by atoms with Gasteiger partial charge >= 0.3 is 0 Å². The zero-order chi connectivity index (χ0) is 14.0. The zero-order valence-corrected chi connectivity index (χ0v) is 12.1. The van der Waals surface area contributed by atoms with Gasteiger partial charge in [0.25, 0.3) is 5.91 Å². The molecule has 1 aromatic rings. The maximum Gasteiger partial charge on any atom is 0.271 e. The third kappa shape index (κ3) is 2.91. The standard InChI is InChI=1S/C14H24N4O/c1-4-18-13(12(15)10(3)17-18)14(19)16-11-7-5-9(2)6-8-11/h9,11H,4-8,15H2,1-3H3,(H,16,19). The number of anilines is 1. The second kappa shape index (κ2) is 5.63. The van der Waals surface area contributed by atoms with E-state index in [1.807, 2.05) is 13.8 Å². The van der Waals surface area contributed by atoms with Gasteiger partial charge in [-0.15, -0.1) is 0 Å². The average molecular weight is 264 g/mol. The molecule has 19 heavy (non-hydrogen) atoms. The Morgan fingerprint density at radius 2 is 2.05 bits per heavy atom. The molecule has 1 heterocycles. The molecule has 1 fully saturated rings. The fraction of sp³-hybridized carbons (Fsp3) is 0.714. The molecule has 5 nitrogen and oxygen atoms in total. The van der Waals surface area contributed by atoms with Crippen LogP contribution in [-0.4, -0.2) is 21.7 Å². The summed E-state index contributed by atoms with van der Waals surface area (Å²) in [6, 6.07) is 0.281. The number of rotatable bonds is 3. The van der Waals surface area contributed by atoms with Gasteiger partial charge in [-0.1, -0.05) is 6.92 Å². The van der Waals surface area contributed by atoms with E-state index in [1.54, 1.807) is 4.68 Å². The zero-order valence-electron chi connectivity index (χ0n) is 12.1. The predicted molar refractivity (Wildman–Crippen MR) is 75.9 cm³/mol. The van der Waals surface area contributed by atoms with Gasteiger partial charge in [0, 0.05) is 12.6 Å². The summed E-state index contributed by atoms with van der Waals surface area (Å²) < 4.78 is 1.69. The number of nitrogen functional groups attached to an aromatic ring is 1. The number of hydrogen-bond donors (Lipinski definition) is 2. The molecule has 0 saturated heterocycles. The molecule has 1 aliphatic rings. The van der Waals surface area contributed by atoms with Crippen molar-refractivity contribution in [1.82, 2.24) is 15.1 Å². The third-order valence-electron chi connectivity index (χ3n) is 4.04. The number of hydrogen-bond acceptors (Lipinski definition) is 3. The van der Waals surface area contributed by atoms with Crippen LogP contribution in [-0.2, 0) is 6.54 Å². The lowest BCUT2D eigenvalue weighted by Gasteiger charge is -2.27. The lowest BCUT2D eigenvalue weighted by molar-refractivity contribution is 0.0913. The van der Waals surface area contributed by atoms with Crippen molar-refractivity contribution in [2.45, 2.75) is 59.0 Å². The van der Waals surface area contributed by atoms with Crippen LogP contribution in [0.25, 0.3) is 0 Å². The van der Waals surface area contributed by atoms with E-state index < -0.39 is 0 Å². The van der Waals surface area contributed by atoms with Crippen molar-refractivity contribution >= 4 is 11.6 Å². The largest absolute Gasteiger partial charge is 0.395 e. The van der Waals surface area contributed by atoms with Gasteiger partial charge < -0.3 is 11.1 Å². The monoisotopic (exact) mass is 264 g/mol. The van der Waals surface area contributed by atoms with Crippen LogP contribution in [0.2, 0.25) is 0 Å². The summed E-state index contributed by atoms with van der Waals surface area (Å²) in [6.45, 7) is 6.72. The first-order chi connectivity index (χ1) is 9.02. The summed E-state index contributed by atoms with van der Waals surface area (Å²) in [7, 11) is 0. The lowest BCUT2D eigenvalue weighted by Crippen LogP contribution is -2.38. The van der Waals surface area contributed by atoms with Gasteiger partial charge in [0.1, 0.15) is 5.69 Å². The van der Waals surface area contributed by atoms with Crippen LogP contribution < -0.4 is 11.1 Å². The van der Waals surface area contributed by atoms with E-state index in [9.17, 15) is 4.79 Å². The van der Waals surface area contributed by atoms with Crippen LogP contribution in [0.15, 0.2) is 0 Å². The number of carbonyl (C=O) groups is 1. The van der Waals surface area contributed by atoms with Crippen molar-refractivity contribution in [3.05, 3.63) is 11.4 Å². The number of amides is 1. The van der Waals surface area contributed by atoms with E-state index in [0.717, 1.165) is 24.5 Å². The Bertz CT molecular complexity index is 458. The maximum atomic E-state index is 12.4. The van der Waals surface area contributed by atoms with Gasteiger partial charge in [-0.3, -0.25) is 9.48 Å². The minimum absolute atomic E-state index is 0.0838. The highest BCUT2D eigenvalue weighted by Crippen LogP contribution is 2.24. The Kier molecular flexibility index (Phi) is 4.12. The Morgan fingerprint density at radius 3 is 2.63 bits per heavy atom. The van der Waals surface area contributed by atoms with Gasteiger partial charge in [0.2, 0.25) is 0 Å². The average Bonchev–Trinajstić information content (AvgIpc) is 2.68. The molecule has 0 atom stereocenters. The van der Waals surface area contributed by atoms with E-state index >= 15 is 0 Å². The third-order valence-corrected chi connectivity index (χ3v) is 4.04. The normalized spacial score (nSPS) is 23.3. The first-order valence-electron chi connectivity index (χ1n) is 7.16. The molecule has 0 aliphatic heterocycles. The number of nitrogens with two attached hydrogens (primary N) is 1. The number of nitrogens with one attached hydrogen (secondary N) is 1. The van der Waals surface area contributed by atoms with Gasteiger partial charge in [-0.05, 0) is 45.4 Å².